The van der Waals surface area contributed by atoms with Crippen molar-refractivity contribution in [1.82, 2.24) is 0 Å². The number of carbonyl (C=O) groups excluding carboxylic acids is 1. The first-order valence-electron chi connectivity index (χ1n) is 3.49. The third-order valence-electron chi connectivity index (χ3n) is 0.758. The van der Waals surface area contributed by atoms with Gasteiger partial charge in [0.05, 0.1) is 6.61 Å². The van der Waals surface area contributed by atoms with Crippen molar-refractivity contribution in [3.63, 3.8) is 0 Å². The summed E-state index contributed by atoms with van der Waals surface area (Å²) in [6, 6.07) is 0. The molecule has 0 aromatic carbocycles. The van der Waals surface area contributed by atoms with Crippen LogP contribution in [-0.2, 0) is 8.85 Å². The zero-order valence-corrected chi connectivity index (χ0v) is 10.7. The number of amides is 1. The molecule has 0 aliphatic carbocycles. The molecule has 0 rings (SSSR count). The van der Waals surface area contributed by atoms with Crippen molar-refractivity contribution >= 4 is 25.6 Å². The second-order valence-corrected chi connectivity index (χ2v) is 6.02. The Bertz CT molecular complexity index is 99.7. The van der Waals surface area contributed by atoms with E-state index in [-0.39, 0.29) is 0 Å². The van der Waals surface area contributed by atoms with E-state index >= 15 is 0 Å². The molecule has 0 bridgehead atoms. The maximum absolute atomic E-state index is 9.60. The Kier molecular flexibility index (Phi) is 11.7. The van der Waals surface area contributed by atoms with Gasteiger partial charge in [-0.15, -0.1) is 0 Å². The van der Waals surface area contributed by atoms with Gasteiger partial charge in [-0.2, -0.15) is 0 Å². The van der Waals surface area contributed by atoms with Gasteiger partial charge in [0.1, 0.15) is 10.5 Å². The van der Waals surface area contributed by atoms with Crippen molar-refractivity contribution in [1.29, 1.82) is 0 Å². The van der Waals surface area contributed by atoms with Crippen molar-refractivity contribution in [3.8, 4) is 0 Å². The van der Waals surface area contributed by atoms with Crippen molar-refractivity contribution in [3.05, 3.63) is 0 Å². The second kappa shape index (κ2) is 9.66. The van der Waals surface area contributed by atoms with E-state index < -0.39 is 15.1 Å². The van der Waals surface area contributed by atoms with Gasteiger partial charge in [-0.25, -0.2) is 4.79 Å². The van der Waals surface area contributed by atoms with E-state index in [2.05, 4.69) is 23.6 Å². The topological polar surface area (TPSA) is 61.5 Å². The Morgan fingerprint density at radius 2 is 2.00 bits per heavy atom. The van der Waals surface area contributed by atoms with E-state index in [1.165, 1.54) is 0 Å². The summed E-state index contributed by atoms with van der Waals surface area (Å²) >= 11 is 0. The third-order valence-corrected chi connectivity index (χ3v) is 4.53. The van der Waals surface area contributed by atoms with Crippen LogP contribution in [0.25, 0.3) is 0 Å². The summed E-state index contributed by atoms with van der Waals surface area (Å²) in [4.78, 5) is 9.60. The van der Waals surface area contributed by atoms with Crippen LogP contribution in [0.15, 0.2) is 0 Å². The van der Waals surface area contributed by atoms with Crippen LogP contribution in [0.5, 0.6) is 0 Å². The number of hydrogen-bond acceptors (Lipinski definition) is 3. The van der Waals surface area contributed by atoms with Crippen LogP contribution < -0.4 is 5.73 Å². The molecular weight excluding hydrogens is 178 g/mol. The molecular formula is C5H17NO3Si2. The normalized spacial score (nSPS) is 8.73. The molecule has 1 amide bonds. The lowest BCUT2D eigenvalue weighted by molar-refractivity contribution is 0.163. The maximum atomic E-state index is 9.60. The summed E-state index contributed by atoms with van der Waals surface area (Å²) < 4.78 is 9.21. The molecule has 68 valence electrons. The molecule has 0 heterocycles. The Balaban J connectivity index is 0. The summed E-state index contributed by atoms with van der Waals surface area (Å²) in [5.41, 5.74) is 4.54. The molecule has 0 aromatic heterocycles. The van der Waals surface area contributed by atoms with Crippen LogP contribution in [0.2, 0.25) is 13.1 Å². The van der Waals surface area contributed by atoms with Gasteiger partial charge >= 0.3 is 6.09 Å². The van der Waals surface area contributed by atoms with Crippen LogP contribution in [0.1, 0.15) is 6.92 Å². The van der Waals surface area contributed by atoms with Gasteiger partial charge in [0.25, 0.3) is 0 Å². The molecule has 4 nitrogen and oxygen atoms in total. The number of hydrogen-bond donors (Lipinski definition) is 1. The molecule has 0 aliphatic rings. The van der Waals surface area contributed by atoms with Gasteiger partial charge < -0.3 is 14.6 Å². The molecule has 0 spiro atoms. The summed E-state index contributed by atoms with van der Waals surface area (Å²) in [5, 5.41) is 0. The van der Waals surface area contributed by atoms with Gasteiger partial charge in [-0.3, -0.25) is 0 Å². The first-order chi connectivity index (χ1) is 5.04. The number of carbonyl (C=O) groups is 1. The second-order valence-electron chi connectivity index (χ2n) is 2.04. The lowest BCUT2D eigenvalue weighted by Crippen LogP contribution is -2.11. The highest BCUT2D eigenvalue weighted by Crippen LogP contribution is 1.72. The molecule has 2 N–H and O–H groups in total. The number of rotatable bonds is 2. The summed E-state index contributed by atoms with van der Waals surface area (Å²) in [7, 11) is 0.347. The van der Waals surface area contributed by atoms with Crippen molar-refractivity contribution in [2.24, 2.45) is 5.73 Å². The molecule has 0 radical (unpaired) electrons. The van der Waals surface area contributed by atoms with Crippen LogP contribution in [0, 0.1) is 0 Å². The smallest absolute Gasteiger partial charge is 0.404 e. The average Bonchev–Trinajstić information content (AvgIpc) is 1.89. The predicted octanol–water partition coefficient (Wildman–Crippen LogP) is -0.632. The van der Waals surface area contributed by atoms with Crippen LogP contribution in [0.3, 0.4) is 0 Å². The number of ether oxygens (including phenoxy) is 1. The zero-order chi connectivity index (χ0) is 9.28. The Labute approximate surface area is 72.3 Å². The highest BCUT2D eigenvalue weighted by atomic mass is 28.3. The van der Waals surface area contributed by atoms with Crippen molar-refractivity contribution in [2.45, 2.75) is 20.0 Å². The van der Waals surface area contributed by atoms with E-state index in [4.69, 9.17) is 4.12 Å². The van der Waals surface area contributed by atoms with Gasteiger partial charge in [-0.05, 0) is 20.0 Å². The quantitative estimate of drug-likeness (QED) is 0.597. The fraction of sp³-hybridized carbons (Fsp3) is 0.800. The molecule has 0 aliphatic heterocycles. The van der Waals surface area contributed by atoms with Crippen molar-refractivity contribution in [2.75, 3.05) is 6.61 Å². The first-order valence-corrected chi connectivity index (χ1v) is 7.09. The van der Waals surface area contributed by atoms with E-state index in [1.54, 1.807) is 6.92 Å². The third kappa shape index (κ3) is 26.1. The number of primary amides is 1. The SMILES string of the molecule is CCOC(N)=O.C[SiH](C)O[SiH3]. The summed E-state index contributed by atoms with van der Waals surface area (Å²) in [6.07, 6.45) is -0.711. The van der Waals surface area contributed by atoms with Crippen LogP contribution >= 0.6 is 0 Å². The largest absolute Gasteiger partial charge is 0.466 e. The van der Waals surface area contributed by atoms with E-state index in [0.717, 1.165) is 10.5 Å². The molecule has 11 heavy (non-hydrogen) atoms. The van der Waals surface area contributed by atoms with Crippen LogP contribution in [-0.4, -0.2) is 32.2 Å². The average molecular weight is 195 g/mol. The van der Waals surface area contributed by atoms with E-state index in [9.17, 15) is 4.79 Å². The van der Waals surface area contributed by atoms with E-state index in [1.807, 2.05) is 0 Å². The van der Waals surface area contributed by atoms with Crippen molar-refractivity contribution < 1.29 is 13.6 Å². The fourth-order valence-corrected chi connectivity index (χ4v) is 0.142. The fourth-order valence-electron chi connectivity index (χ4n) is 0.142. The molecule has 0 saturated carbocycles. The Morgan fingerprint density at radius 3 is 2.00 bits per heavy atom. The molecule has 0 unspecified atom stereocenters. The number of nitrogens with two attached hydrogens (primary N) is 1. The van der Waals surface area contributed by atoms with Gasteiger partial charge in [0, 0.05) is 0 Å². The zero-order valence-electron chi connectivity index (χ0n) is 7.59. The van der Waals surface area contributed by atoms with Crippen LogP contribution in [0.4, 0.5) is 4.79 Å². The lowest BCUT2D eigenvalue weighted by atomic mass is 10.9. The highest BCUT2D eigenvalue weighted by molar-refractivity contribution is 6.52. The van der Waals surface area contributed by atoms with Gasteiger partial charge in [0.15, 0.2) is 9.04 Å². The standard InChI is InChI=1S/C3H7NO2.C2H10OSi2/c1-2-6-3(4)5;1-5(2)3-4/h2H2,1H3,(H2,4,5);5H,1-2,4H3. The van der Waals surface area contributed by atoms with Gasteiger partial charge in [-0.1, -0.05) is 0 Å². The molecule has 0 fully saturated rings. The minimum atomic E-state index is -0.711. The minimum Gasteiger partial charge on any atom is -0.466 e. The summed E-state index contributed by atoms with van der Waals surface area (Å²) in [6.45, 7) is 6.40. The van der Waals surface area contributed by atoms with Gasteiger partial charge in [0.2, 0.25) is 0 Å². The summed E-state index contributed by atoms with van der Waals surface area (Å²) in [5.74, 6) is 0. The lowest BCUT2D eigenvalue weighted by Gasteiger charge is -1.93. The highest BCUT2D eigenvalue weighted by Gasteiger charge is 1.82. The first kappa shape index (κ1) is 13.3. The molecule has 0 saturated heterocycles. The maximum Gasteiger partial charge on any atom is 0.404 e. The monoisotopic (exact) mass is 195 g/mol. The predicted molar refractivity (Wildman–Crippen MR) is 51.1 cm³/mol. The minimum absolute atomic E-state index is 0.356. The van der Waals surface area contributed by atoms with E-state index in [0.29, 0.717) is 6.61 Å². The Hall–Kier alpha value is -0.336. The Morgan fingerprint density at radius 1 is 1.64 bits per heavy atom. The molecule has 6 heteroatoms. The molecule has 0 aromatic rings. The molecule has 0 atom stereocenters.